The molecule has 0 radical (unpaired) electrons. The van der Waals surface area contributed by atoms with E-state index in [-0.39, 0.29) is 5.60 Å². The van der Waals surface area contributed by atoms with Crippen molar-refractivity contribution in [3.8, 4) is 0 Å². The SMILES string of the molecule is CCNc1nc(C2(C)CCCO2)nc2sccc12. The minimum atomic E-state index is -0.317. The Morgan fingerprint density at radius 3 is 3.11 bits per heavy atom. The largest absolute Gasteiger partial charge is 0.370 e. The molecule has 1 atom stereocenters. The maximum atomic E-state index is 5.84. The van der Waals surface area contributed by atoms with Crippen LogP contribution in [-0.4, -0.2) is 23.1 Å². The minimum absolute atomic E-state index is 0.317. The Bertz CT molecular complexity index is 560. The Hall–Kier alpha value is -1.20. The van der Waals surface area contributed by atoms with Gasteiger partial charge in [-0.05, 0) is 38.1 Å². The number of ether oxygens (including phenoxy) is 1. The highest BCUT2D eigenvalue weighted by molar-refractivity contribution is 7.16. The topological polar surface area (TPSA) is 47.0 Å². The first kappa shape index (κ1) is 11.9. The van der Waals surface area contributed by atoms with Crippen molar-refractivity contribution in [3.63, 3.8) is 0 Å². The molecule has 96 valence electrons. The van der Waals surface area contributed by atoms with Crippen LogP contribution in [0.1, 0.15) is 32.5 Å². The van der Waals surface area contributed by atoms with E-state index in [1.54, 1.807) is 11.3 Å². The Kier molecular flexibility index (Phi) is 2.95. The van der Waals surface area contributed by atoms with Crippen LogP contribution in [0, 0.1) is 0 Å². The normalized spacial score (nSPS) is 23.7. The van der Waals surface area contributed by atoms with Gasteiger partial charge in [0, 0.05) is 13.2 Å². The third-order valence-corrected chi connectivity index (χ3v) is 4.17. The molecule has 0 aromatic carbocycles. The van der Waals surface area contributed by atoms with Gasteiger partial charge in [-0.15, -0.1) is 11.3 Å². The molecule has 1 aliphatic heterocycles. The standard InChI is InChI=1S/C13H17N3OS/c1-3-14-10-9-5-8-18-11(9)16-12(15-10)13(2)6-4-7-17-13/h5,8H,3-4,6-7H2,1-2H3,(H,14,15,16). The highest BCUT2D eigenvalue weighted by atomic mass is 32.1. The van der Waals surface area contributed by atoms with Crippen LogP contribution in [0.15, 0.2) is 11.4 Å². The Labute approximate surface area is 110 Å². The van der Waals surface area contributed by atoms with Gasteiger partial charge in [-0.3, -0.25) is 0 Å². The fraction of sp³-hybridized carbons (Fsp3) is 0.538. The first-order chi connectivity index (χ1) is 8.73. The van der Waals surface area contributed by atoms with Crippen molar-refractivity contribution in [3.05, 3.63) is 17.3 Å². The van der Waals surface area contributed by atoms with Crippen LogP contribution in [0.4, 0.5) is 5.82 Å². The smallest absolute Gasteiger partial charge is 0.163 e. The summed E-state index contributed by atoms with van der Waals surface area (Å²) in [6.45, 7) is 5.83. The first-order valence-corrected chi connectivity index (χ1v) is 7.24. The van der Waals surface area contributed by atoms with Crippen LogP contribution in [0.2, 0.25) is 0 Å². The molecule has 1 fully saturated rings. The molecule has 1 N–H and O–H groups in total. The molecule has 5 heteroatoms. The van der Waals surface area contributed by atoms with E-state index < -0.39 is 0 Å². The third kappa shape index (κ3) is 1.87. The number of nitrogens with zero attached hydrogens (tertiary/aromatic N) is 2. The van der Waals surface area contributed by atoms with Gasteiger partial charge in [0.1, 0.15) is 16.2 Å². The minimum Gasteiger partial charge on any atom is -0.370 e. The van der Waals surface area contributed by atoms with Crippen LogP contribution in [0.5, 0.6) is 0 Å². The van der Waals surface area contributed by atoms with Gasteiger partial charge in [0.05, 0.1) is 5.39 Å². The molecule has 0 aliphatic carbocycles. The molecular weight excluding hydrogens is 246 g/mol. The second kappa shape index (κ2) is 4.48. The number of aromatic nitrogens is 2. The number of nitrogens with one attached hydrogen (secondary N) is 1. The maximum absolute atomic E-state index is 5.84. The van der Waals surface area contributed by atoms with E-state index >= 15 is 0 Å². The van der Waals surface area contributed by atoms with E-state index in [1.165, 1.54) is 0 Å². The van der Waals surface area contributed by atoms with Crippen LogP contribution in [0.25, 0.3) is 10.2 Å². The van der Waals surface area contributed by atoms with Gasteiger partial charge in [-0.1, -0.05) is 0 Å². The average Bonchev–Trinajstić information content (AvgIpc) is 2.98. The van der Waals surface area contributed by atoms with Gasteiger partial charge in [0.2, 0.25) is 0 Å². The quantitative estimate of drug-likeness (QED) is 0.924. The second-order valence-corrected chi connectivity index (χ2v) is 5.64. The summed E-state index contributed by atoms with van der Waals surface area (Å²) < 4.78 is 5.84. The number of anilines is 1. The number of thiophene rings is 1. The van der Waals surface area contributed by atoms with Gasteiger partial charge in [-0.25, -0.2) is 9.97 Å². The number of rotatable bonds is 3. The molecule has 3 rings (SSSR count). The number of hydrogen-bond donors (Lipinski definition) is 1. The van der Waals surface area contributed by atoms with Gasteiger partial charge in [-0.2, -0.15) is 0 Å². The molecule has 3 heterocycles. The van der Waals surface area contributed by atoms with E-state index in [2.05, 4.69) is 40.6 Å². The second-order valence-electron chi connectivity index (χ2n) is 4.75. The van der Waals surface area contributed by atoms with E-state index in [1.807, 2.05) is 0 Å². The summed E-state index contributed by atoms with van der Waals surface area (Å²) in [7, 11) is 0. The summed E-state index contributed by atoms with van der Waals surface area (Å²) in [5.74, 6) is 1.74. The van der Waals surface area contributed by atoms with Crippen molar-refractivity contribution in [2.24, 2.45) is 0 Å². The fourth-order valence-electron chi connectivity index (χ4n) is 2.35. The number of hydrogen-bond acceptors (Lipinski definition) is 5. The highest BCUT2D eigenvalue weighted by Gasteiger charge is 2.35. The monoisotopic (exact) mass is 263 g/mol. The van der Waals surface area contributed by atoms with Crippen molar-refractivity contribution >= 4 is 27.4 Å². The van der Waals surface area contributed by atoms with Crippen molar-refractivity contribution in [1.82, 2.24) is 9.97 Å². The molecule has 1 saturated heterocycles. The van der Waals surface area contributed by atoms with Crippen LogP contribution in [-0.2, 0) is 10.3 Å². The highest BCUT2D eigenvalue weighted by Crippen LogP contribution is 2.36. The maximum Gasteiger partial charge on any atom is 0.163 e. The zero-order valence-corrected chi connectivity index (χ0v) is 11.5. The van der Waals surface area contributed by atoms with Gasteiger partial charge in [0.15, 0.2) is 5.82 Å². The molecule has 0 amide bonds. The Morgan fingerprint density at radius 2 is 2.39 bits per heavy atom. The predicted octanol–water partition coefficient (Wildman–Crippen LogP) is 3.15. The molecule has 0 bridgehead atoms. The lowest BCUT2D eigenvalue weighted by atomic mass is 10.0. The van der Waals surface area contributed by atoms with Crippen LogP contribution in [0.3, 0.4) is 0 Å². The lowest BCUT2D eigenvalue weighted by Crippen LogP contribution is -2.24. The molecule has 2 aromatic rings. The molecule has 4 nitrogen and oxygen atoms in total. The molecular formula is C13H17N3OS. The Balaban J connectivity index is 2.12. The van der Waals surface area contributed by atoms with E-state index in [0.29, 0.717) is 0 Å². The van der Waals surface area contributed by atoms with Crippen molar-refractivity contribution < 1.29 is 4.74 Å². The summed E-state index contributed by atoms with van der Waals surface area (Å²) in [6.07, 6.45) is 2.08. The van der Waals surface area contributed by atoms with E-state index in [4.69, 9.17) is 4.74 Å². The van der Waals surface area contributed by atoms with Gasteiger partial charge < -0.3 is 10.1 Å². The Morgan fingerprint density at radius 1 is 1.50 bits per heavy atom. The summed E-state index contributed by atoms with van der Waals surface area (Å²) in [6, 6.07) is 2.07. The third-order valence-electron chi connectivity index (χ3n) is 3.36. The zero-order chi connectivity index (χ0) is 12.6. The molecule has 1 unspecified atom stereocenters. The van der Waals surface area contributed by atoms with Crippen molar-refractivity contribution in [1.29, 1.82) is 0 Å². The molecule has 2 aromatic heterocycles. The predicted molar refractivity (Wildman–Crippen MR) is 74.1 cm³/mol. The average molecular weight is 263 g/mol. The molecule has 0 spiro atoms. The van der Waals surface area contributed by atoms with Crippen molar-refractivity contribution in [2.75, 3.05) is 18.5 Å². The van der Waals surface area contributed by atoms with E-state index in [9.17, 15) is 0 Å². The molecule has 0 saturated carbocycles. The molecule has 18 heavy (non-hydrogen) atoms. The lowest BCUT2D eigenvalue weighted by Gasteiger charge is -2.22. The summed E-state index contributed by atoms with van der Waals surface area (Å²) in [4.78, 5) is 10.4. The summed E-state index contributed by atoms with van der Waals surface area (Å²) >= 11 is 1.65. The summed E-state index contributed by atoms with van der Waals surface area (Å²) in [5.41, 5.74) is -0.317. The lowest BCUT2D eigenvalue weighted by molar-refractivity contribution is 0.00976. The zero-order valence-electron chi connectivity index (χ0n) is 10.7. The summed E-state index contributed by atoms with van der Waals surface area (Å²) in [5, 5.41) is 6.48. The van der Waals surface area contributed by atoms with Crippen LogP contribution < -0.4 is 5.32 Å². The first-order valence-electron chi connectivity index (χ1n) is 6.36. The van der Waals surface area contributed by atoms with Crippen molar-refractivity contribution in [2.45, 2.75) is 32.3 Å². The van der Waals surface area contributed by atoms with Gasteiger partial charge in [0.25, 0.3) is 0 Å². The fourth-order valence-corrected chi connectivity index (χ4v) is 3.11. The number of fused-ring (bicyclic) bond motifs is 1. The van der Waals surface area contributed by atoms with Crippen LogP contribution >= 0.6 is 11.3 Å². The van der Waals surface area contributed by atoms with E-state index in [0.717, 1.165) is 47.9 Å². The van der Waals surface area contributed by atoms with Gasteiger partial charge >= 0.3 is 0 Å². The molecule has 1 aliphatic rings.